The molecule has 3 nitrogen and oxygen atoms in total. The molecule has 0 aromatic heterocycles. The van der Waals surface area contributed by atoms with Crippen LogP contribution in [-0.4, -0.2) is 23.9 Å². The zero-order valence-electron chi connectivity index (χ0n) is 10.0. The van der Waals surface area contributed by atoms with Crippen LogP contribution >= 0.6 is 0 Å². The molecule has 0 aliphatic carbocycles. The Kier molecular flexibility index (Phi) is 4.96. The molecule has 0 atom stereocenters. The van der Waals surface area contributed by atoms with E-state index in [1.807, 2.05) is 19.1 Å². The lowest BCUT2D eigenvalue weighted by molar-refractivity contribution is -0.129. The zero-order valence-corrected chi connectivity index (χ0v) is 10.0. The third-order valence-corrected chi connectivity index (χ3v) is 2.52. The topological polar surface area (TPSA) is 44.1 Å². The molecule has 0 saturated heterocycles. The summed E-state index contributed by atoms with van der Waals surface area (Å²) < 4.78 is 0. The number of carbonyl (C=O) groups excluding carboxylic acids is 1. The number of carbonyl (C=O) groups is 1. The molecule has 0 N–H and O–H groups in total. The minimum absolute atomic E-state index is 0.0807. The van der Waals surface area contributed by atoms with Crippen LogP contribution in [0, 0.1) is 11.3 Å². The van der Waals surface area contributed by atoms with Crippen molar-refractivity contribution >= 4 is 5.91 Å². The first-order valence-corrected chi connectivity index (χ1v) is 5.59. The molecule has 0 saturated carbocycles. The largest absolute Gasteiger partial charge is 0.339 e. The van der Waals surface area contributed by atoms with Gasteiger partial charge in [0.15, 0.2) is 0 Å². The van der Waals surface area contributed by atoms with Gasteiger partial charge in [-0.25, -0.2) is 0 Å². The van der Waals surface area contributed by atoms with Crippen molar-refractivity contribution in [3.63, 3.8) is 0 Å². The summed E-state index contributed by atoms with van der Waals surface area (Å²) >= 11 is 0. The maximum Gasteiger partial charge on any atom is 0.227 e. The van der Waals surface area contributed by atoms with Crippen molar-refractivity contribution in [3.05, 3.63) is 48.0 Å². The van der Waals surface area contributed by atoms with E-state index < -0.39 is 0 Å². The number of hydrogen-bond acceptors (Lipinski definition) is 2. The van der Waals surface area contributed by atoms with Gasteiger partial charge in [0.2, 0.25) is 5.91 Å². The number of benzene rings is 1. The molecule has 1 aromatic rings. The van der Waals surface area contributed by atoms with Gasteiger partial charge < -0.3 is 4.90 Å². The number of hydrogen-bond donors (Lipinski definition) is 0. The summed E-state index contributed by atoms with van der Waals surface area (Å²) in [6.07, 6.45) is 2.09. The predicted octanol–water partition coefficient (Wildman–Crippen LogP) is 2.14. The zero-order chi connectivity index (χ0) is 12.7. The van der Waals surface area contributed by atoms with Crippen LogP contribution < -0.4 is 0 Å². The van der Waals surface area contributed by atoms with Crippen molar-refractivity contribution in [1.29, 1.82) is 5.26 Å². The van der Waals surface area contributed by atoms with Gasteiger partial charge in [0, 0.05) is 13.1 Å². The van der Waals surface area contributed by atoms with Gasteiger partial charge >= 0.3 is 0 Å². The fourth-order valence-corrected chi connectivity index (χ4v) is 1.55. The molecular weight excluding hydrogens is 212 g/mol. The molecular formula is C14H16N2O. The van der Waals surface area contributed by atoms with Gasteiger partial charge in [0.25, 0.3) is 0 Å². The van der Waals surface area contributed by atoms with Gasteiger partial charge in [-0.3, -0.25) is 4.79 Å². The van der Waals surface area contributed by atoms with Crippen LogP contribution in [0.4, 0.5) is 0 Å². The first kappa shape index (κ1) is 13.0. The molecule has 88 valence electrons. The highest BCUT2D eigenvalue weighted by Gasteiger charge is 2.10. The quantitative estimate of drug-likeness (QED) is 0.725. The lowest BCUT2D eigenvalue weighted by Crippen LogP contribution is -2.32. The van der Waals surface area contributed by atoms with Gasteiger partial charge in [0.05, 0.1) is 18.1 Å². The molecule has 1 amide bonds. The molecule has 0 heterocycles. The monoisotopic (exact) mass is 228 g/mol. The van der Waals surface area contributed by atoms with Gasteiger partial charge in [-0.2, -0.15) is 5.26 Å². The van der Waals surface area contributed by atoms with Crippen LogP contribution in [0.2, 0.25) is 0 Å². The number of likely N-dealkylation sites (N-methyl/N-ethyl adjacent to an activating group) is 1. The Morgan fingerprint density at radius 3 is 2.59 bits per heavy atom. The summed E-state index contributed by atoms with van der Waals surface area (Å²) in [5.74, 6) is 0.0807. The van der Waals surface area contributed by atoms with Gasteiger partial charge in [-0.1, -0.05) is 18.2 Å². The lowest BCUT2D eigenvalue weighted by Gasteiger charge is -2.18. The fourth-order valence-electron chi connectivity index (χ4n) is 1.55. The van der Waals surface area contributed by atoms with E-state index in [2.05, 4.69) is 12.6 Å². The van der Waals surface area contributed by atoms with E-state index in [-0.39, 0.29) is 5.91 Å². The minimum Gasteiger partial charge on any atom is -0.339 e. The van der Waals surface area contributed by atoms with Crippen LogP contribution in [0.5, 0.6) is 0 Å². The Labute approximate surface area is 102 Å². The normalized spacial score (nSPS) is 9.41. The number of nitrogens with zero attached hydrogens (tertiary/aromatic N) is 2. The minimum atomic E-state index is 0.0807. The Hall–Kier alpha value is -2.08. The van der Waals surface area contributed by atoms with E-state index in [0.29, 0.717) is 25.1 Å². The van der Waals surface area contributed by atoms with E-state index in [9.17, 15) is 4.79 Å². The second kappa shape index (κ2) is 6.49. The number of nitriles is 1. The van der Waals surface area contributed by atoms with Crippen molar-refractivity contribution in [1.82, 2.24) is 4.90 Å². The summed E-state index contributed by atoms with van der Waals surface area (Å²) in [5, 5.41) is 8.67. The highest BCUT2D eigenvalue weighted by molar-refractivity contribution is 5.78. The highest BCUT2D eigenvalue weighted by Crippen LogP contribution is 2.06. The molecule has 0 aliphatic rings. The van der Waals surface area contributed by atoms with Crippen LogP contribution in [-0.2, 0) is 11.2 Å². The summed E-state index contributed by atoms with van der Waals surface area (Å²) in [7, 11) is 0. The Balaban J connectivity index is 2.66. The maximum atomic E-state index is 11.9. The van der Waals surface area contributed by atoms with Crippen molar-refractivity contribution < 1.29 is 4.79 Å². The van der Waals surface area contributed by atoms with Crippen LogP contribution in [0.1, 0.15) is 18.1 Å². The van der Waals surface area contributed by atoms with Crippen molar-refractivity contribution in [2.24, 2.45) is 0 Å². The average Bonchev–Trinajstić information content (AvgIpc) is 2.36. The first-order chi connectivity index (χ1) is 8.21. The van der Waals surface area contributed by atoms with E-state index in [1.54, 1.807) is 23.1 Å². The Morgan fingerprint density at radius 1 is 1.47 bits per heavy atom. The molecule has 0 spiro atoms. The van der Waals surface area contributed by atoms with Crippen LogP contribution in [0.3, 0.4) is 0 Å². The van der Waals surface area contributed by atoms with Crippen molar-refractivity contribution in [2.45, 2.75) is 13.3 Å². The van der Waals surface area contributed by atoms with Crippen LogP contribution in [0.15, 0.2) is 36.9 Å². The Morgan fingerprint density at radius 2 is 2.12 bits per heavy atom. The van der Waals surface area contributed by atoms with Gasteiger partial charge in [-0.15, -0.1) is 6.58 Å². The molecule has 3 heteroatoms. The summed E-state index contributed by atoms with van der Waals surface area (Å²) in [6.45, 7) is 6.83. The molecule has 0 unspecified atom stereocenters. The van der Waals surface area contributed by atoms with Crippen LogP contribution in [0.25, 0.3) is 0 Å². The second-order valence-electron chi connectivity index (χ2n) is 3.71. The molecule has 0 bridgehead atoms. The van der Waals surface area contributed by atoms with E-state index >= 15 is 0 Å². The second-order valence-corrected chi connectivity index (χ2v) is 3.71. The Bertz CT molecular complexity index is 429. The summed E-state index contributed by atoms with van der Waals surface area (Å²) in [5.41, 5.74) is 1.54. The smallest absolute Gasteiger partial charge is 0.227 e. The first-order valence-electron chi connectivity index (χ1n) is 5.59. The molecule has 1 aromatic carbocycles. The molecule has 17 heavy (non-hydrogen) atoms. The number of amides is 1. The molecule has 0 radical (unpaired) electrons. The molecule has 0 fully saturated rings. The van der Waals surface area contributed by atoms with Gasteiger partial charge in [-0.05, 0) is 24.6 Å². The SMILES string of the molecule is C=CCN(CC)C(=O)Cc1ccc(C#N)cc1. The van der Waals surface area contributed by atoms with E-state index in [0.717, 1.165) is 5.56 Å². The van der Waals surface area contributed by atoms with Gasteiger partial charge in [0.1, 0.15) is 0 Å². The maximum absolute atomic E-state index is 11.9. The molecule has 0 aliphatic heterocycles. The highest BCUT2D eigenvalue weighted by atomic mass is 16.2. The summed E-state index contributed by atoms with van der Waals surface area (Å²) in [4.78, 5) is 13.6. The third-order valence-electron chi connectivity index (χ3n) is 2.52. The van der Waals surface area contributed by atoms with Crippen molar-refractivity contribution in [2.75, 3.05) is 13.1 Å². The standard InChI is InChI=1S/C14H16N2O/c1-3-9-16(4-2)14(17)10-12-5-7-13(11-15)8-6-12/h3,5-8H,1,4,9-10H2,2H3. The predicted molar refractivity (Wildman–Crippen MR) is 67.3 cm³/mol. The van der Waals surface area contributed by atoms with Crippen molar-refractivity contribution in [3.8, 4) is 6.07 Å². The fraction of sp³-hybridized carbons (Fsp3) is 0.286. The third kappa shape index (κ3) is 3.76. The van der Waals surface area contributed by atoms with E-state index in [1.165, 1.54) is 0 Å². The average molecular weight is 228 g/mol. The lowest BCUT2D eigenvalue weighted by atomic mass is 10.1. The molecule has 1 rings (SSSR count). The summed E-state index contributed by atoms with van der Waals surface area (Å²) in [6, 6.07) is 9.15. The van der Waals surface area contributed by atoms with E-state index in [4.69, 9.17) is 5.26 Å². The number of rotatable bonds is 5.